The standard InChI is InChI=1S/C14H14N6O/c1-9-7-11(20-14(18-9)16-8-17-20)19-12(13(15)21)10-5-3-2-4-6-10/h2-8,12,19H,1H3,(H2,15,21)/t12-/m1/s1. The van der Waals surface area contributed by atoms with Crippen LogP contribution in [0.2, 0.25) is 0 Å². The average molecular weight is 282 g/mol. The molecule has 7 nitrogen and oxygen atoms in total. The number of carbonyl (C=O) groups is 1. The zero-order chi connectivity index (χ0) is 14.8. The number of anilines is 1. The third kappa shape index (κ3) is 2.53. The number of benzene rings is 1. The Morgan fingerprint density at radius 1 is 1.33 bits per heavy atom. The van der Waals surface area contributed by atoms with Gasteiger partial charge in [0.2, 0.25) is 5.91 Å². The maximum Gasteiger partial charge on any atom is 0.254 e. The highest BCUT2D eigenvalue weighted by Gasteiger charge is 2.19. The Bertz CT molecular complexity index is 783. The molecule has 1 amide bonds. The normalized spacial score (nSPS) is 12.2. The lowest BCUT2D eigenvalue weighted by atomic mass is 10.1. The van der Waals surface area contributed by atoms with E-state index in [-0.39, 0.29) is 0 Å². The second kappa shape index (κ2) is 5.20. The topological polar surface area (TPSA) is 98.2 Å². The van der Waals surface area contributed by atoms with Crippen LogP contribution in [-0.2, 0) is 4.79 Å². The smallest absolute Gasteiger partial charge is 0.254 e. The molecule has 0 saturated carbocycles. The van der Waals surface area contributed by atoms with E-state index in [1.54, 1.807) is 6.07 Å². The van der Waals surface area contributed by atoms with Crippen molar-refractivity contribution >= 4 is 17.5 Å². The number of aryl methyl sites for hydroxylation is 1. The summed E-state index contributed by atoms with van der Waals surface area (Å²) in [5.74, 6) is 0.611. The molecule has 0 aliphatic heterocycles. The van der Waals surface area contributed by atoms with Gasteiger partial charge in [0.1, 0.15) is 18.2 Å². The van der Waals surface area contributed by atoms with Crippen LogP contribution in [-0.4, -0.2) is 25.5 Å². The Kier molecular flexibility index (Phi) is 3.23. The molecule has 0 bridgehead atoms. The highest BCUT2D eigenvalue weighted by atomic mass is 16.1. The molecule has 3 N–H and O–H groups in total. The number of primary amides is 1. The molecular weight excluding hydrogens is 268 g/mol. The maximum atomic E-state index is 11.8. The van der Waals surface area contributed by atoms with Crippen molar-refractivity contribution in [2.75, 3.05) is 5.32 Å². The van der Waals surface area contributed by atoms with Gasteiger partial charge >= 0.3 is 0 Å². The SMILES string of the molecule is Cc1cc(N[C@@H](C(N)=O)c2ccccc2)n2ncnc2n1. The summed E-state index contributed by atoms with van der Waals surface area (Å²) in [7, 11) is 0. The summed E-state index contributed by atoms with van der Waals surface area (Å²) in [6.07, 6.45) is 1.41. The first-order chi connectivity index (χ1) is 10.1. The molecule has 106 valence electrons. The monoisotopic (exact) mass is 282 g/mol. The van der Waals surface area contributed by atoms with E-state index in [0.29, 0.717) is 11.6 Å². The van der Waals surface area contributed by atoms with E-state index in [2.05, 4.69) is 20.4 Å². The summed E-state index contributed by atoms with van der Waals surface area (Å²) in [6.45, 7) is 1.85. The van der Waals surface area contributed by atoms with Crippen LogP contribution in [0.5, 0.6) is 0 Å². The van der Waals surface area contributed by atoms with E-state index in [9.17, 15) is 4.79 Å². The van der Waals surface area contributed by atoms with Crippen LogP contribution in [0.15, 0.2) is 42.7 Å². The second-order valence-electron chi connectivity index (χ2n) is 4.65. The van der Waals surface area contributed by atoms with Crippen LogP contribution >= 0.6 is 0 Å². The summed E-state index contributed by atoms with van der Waals surface area (Å²) in [4.78, 5) is 20.1. The lowest BCUT2D eigenvalue weighted by molar-refractivity contribution is -0.118. The van der Waals surface area contributed by atoms with Gasteiger partial charge in [0.25, 0.3) is 5.78 Å². The van der Waals surface area contributed by atoms with Gasteiger partial charge in [-0.3, -0.25) is 4.79 Å². The van der Waals surface area contributed by atoms with Gasteiger partial charge in [-0.15, -0.1) is 0 Å². The van der Waals surface area contributed by atoms with Crippen molar-refractivity contribution in [3.8, 4) is 0 Å². The fraction of sp³-hybridized carbons (Fsp3) is 0.143. The van der Waals surface area contributed by atoms with Crippen molar-refractivity contribution in [1.29, 1.82) is 0 Å². The summed E-state index contributed by atoms with van der Waals surface area (Å²) in [5.41, 5.74) is 7.07. The third-order valence-electron chi connectivity index (χ3n) is 3.09. The van der Waals surface area contributed by atoms with E-state index >= 15 is 0 Å². The zero-order valence-corrected chi connectivity index (χ0v) is 11.4. The number of hydrogen-bond acceptors (Lipinski definition) is 5. The highest BCUT2D eigenvalue weighted by molar-refractivity contribution is 5.84. The van der Waals surface area contributed by atoms with E-state index in [0.717, 1.165) is 11.3 Å². The Labute approximate surface area is 120 Å². The number of nitrogens with zero attached hydrogens (tertiary/aromatic N) is 4. The van der Waals surface area contributed by atoms with E-state index in [4.69, 9.17) is 5.73 Å². The van der Waals surface area contributed by atoms with Crippen molar-refractivity contribution in [2.45, 2.75) is 13.0 Å². The Morgan fingerprint density at radius 2 is 2.10 bits per heavy atom. The molecule has 1 aromatic carbocycles. The van der Waals surface area contributed by atoms with Gasteiger partial charge in [-0.05, 0) is 12.5 Å². The van der Waals surface area contributed by atoms with Gasteiger partial charge in [-0.1, -0.05) is 30.3 Å². The largest absolute Gasteiger partial charge is 0.368 e. The fourth-order valence-corrected chi connectivity index (χ4v) is 2.15. The Balaban J connectivity index is 2.02. The predicted octanol–water partition coefficient (Wildman–Crippen LogP) is 1.07. The molecule has 0 unspecified atom stereocenters. The van der Waals surface area contributed by atoms with Crippen LogP contribution in [0, 0.1) is 6.92 Å². The van der Waals surface area contributed by atoms with Crippen LogP contribution in [0.25, 0.3) is 5.78 Å². The van der Waals surface area contributed by atoms with Crippen molar-refractivity contribution in [3.05, 3.63) is 54.0 Å². The van der Waals surface area contributed by atoms with Gasteiger partial charge < -0.3 is 11.1 Å². The van der Waals surface area contributed by atoms with Crippen molar-refractivity contribution < 1.29 is 4.79 Å². The summed E-state index contributed by atoms with van der Waals surface area (Å²) in [6, 6.07) is 10.4. The molecule has 2 aromatic heterocycles. The highest BCUT2D eigenvalue weighted by Crippen LogP contribution is 2.20. The molecular formula is C14H14N6O. The molecule has 0 fully saturated rings. The molecule has 3 aromatic rings. The van der Waals surface area contributed by atoms with Crippen LogP contribution in [0.4, 0.5) is 5.82 Å². The molecule has 1 atom stereocenters. The quantitative estimate of drug-likeness (QED) is 0.746. The minimum Gasteiger partial charge on any atom is -0.368 e. The van der Waals surface area contributed by atoms with Crippen molar-refractivity contribution in [3.63, 3.8) is 0 Å². The third-order valence-corrected chi connectivity index (χ3v) is 3.09. The molecule has 0 radical (unpaired) electrons. The molecule has 21 heavy (non-hydrogen) atoms. The molecule has 3 rings (SSSR count). The number of nitrogens with two attached hydrogens (primary N) is 1. The number of amides is 1. The van der Waals surface area contributed by atoms with Gasteiger partial charge in [0.15, 0.2) is 0 Å². The van der Waals surface area contributed by atoms with E-state index < -0.39 is 11.9 Å². The average Bonchev–Trinajstić information content (AvgIpc) is 2.93. The van der Waals surface area contributed by atoms with Gasteiger partial charge in [0.05, 0.1) is 0 Å². The lowest BCUT2D eigenvalue weighted by Gasteiger charge is -2.17. The molecule has 7 heteroatoms. The number of aromatic nitrogens is 4. The molecule has 0 spiro atoms. The second-order valence-corrected chi connectivity index (χ2v) is 4.65. The number of carbonyl (C=O) groups excluding carboxylic acids is 1. The first-order valence-corrected chi connectivity index (χ1v) is 6.43. The summed E-state index contributed by atoms with van der Waals surface area (Å²) in [5, 5.41) is 7.20. The first-order valence-electron chi connectivity index (χ1n) is 6.43. The predicted molar refractivity (Wildman–Crippen MR) is 77.5 cm³/mol. The molecule has 0 aliphatic rings. The zero-order valence-electron chi connectivity index (χ0n) is 11.4. The number of nitrogens with one attached hydrogen (secondary N) is 1. The summed E-state index contributed by atoms with van der Waals surface area (Å²) < 4.78 is 1.53. The maximum absolute atomic E-state index is 11.8. The molecule has 0 saturated heterocycles. The molecule has 0 aliphatic carbocycles. The van der Waals surface area contributed by atoms with Crippen molar-refractivity contribution in [2.24, 2.45) is 5.73 Å². The summed E-state index contributed by atoms with van der Waals surface area (Å²) >= 11 is 0. The van der Waals surface area contributed by atoms with Gasteiger partial charge in [0, 0.05) is 11.8 Å². The fourth-order valence-electron chi connectivity index (χ4n) is 2.15. The number of hydrogen-bond donors (Lipinski definition) is 2. The van der Waals surface area contributed by atoms with E-state index in [1.165, 1.54) is 10.8 Å². The number of fused-ring (bicyclic) bond motifs is 1. The van der Waals surface area contributed by atoms with Gasteiger partial charge in [-0.2, -0.15) is 14.6 Å². The Morgan fingerprint density at radius 3 is 2.81 bits per heavy atom. The van der Waals surface area contributed by atoms with Crippen LogP contribution < -0.4 is 11.1 Å². The van der Waals surface area contributed by atoms with Crippen molar-refractivity contribution in [1.82, 2.24) is 19.6 Å². The first kappa shape index (κ1) is 13.0. The minimum absolute atomic E-state index is 0.466. The minimum atomic E-state index is -0.652. The van der Waals surface area contributed by atoms with E-state index in [1.807, 2.05) is 37.3 Å². The molecule has 2 heterocycles. The Hall–Kier alpha value is -2.96. The van der Waals surface area contributed by atoms with Gasteiger partial charge in [-0.25, -0.2) is 4.98 Å². The van der Waals surface area contributed by atoms with Crippen LogP contribution in [0.3, 0.4) is 0 Å². The lowest BCUT2D eigenvalue weighted by Crippen LogP contribution is -2.28. The van der Waals surface area contributed by atoms with Crippen LogP contribution in [0.1, 0.15) is 17.3 Å². The number of rotatable bonds is 4.